The maximum absolute atomic E-state index is 12.7. The van der Waals surface area contributed by atoms with Crippen LogP contribution >= 0.6 is 11.6 Å². The van der Waals surface area contributed by atoms with Crippen LogP contribution in [0.25, 0.3) is 5.82 Å². The zero-order chi connectivity index (χ0) is 21.3. The van der Waals surface area contributed by atoms with E-state index in [2.05, 4.69) is 15.4 Å². The fourth-order valence-corrected chi connectivity index (χ4v) is 3.11. The Hall–Kier alpha value is -2.87. The third-order valence-corrected chi connectivity index (χ3v) is 5.06. The van der Waals surface area contributed by atoms with Crippen LogP contribution in [-0.2, 0) is 6.18 Å². The molecular formula is C20H18ClF3N4O. The van der Waals surface area contributed by atoms with Gasteiger partial charge in [-0.05, 0) is 49.6 Å². The van der Waals surface area contributed by atoms with Gasteiger partial charge in [0.05, 0.1) is 17.4 Å². The molecule has 1 aromatic carbocycles. The second-order valence-electron chi connectivity index (χ2n) is 6.65. The Balaban J connectivity index is 1.90. The van der Waals surface area contributed by atoms with E-state index in [0.717, 1.165) is 33.5 Å². The first-order valence-electron chi connectivity index (χ1n) is 8.73. The predicted octanol–water partition coefficient (Wildman–Crippen LogP) is 5.09. The largest absolute Gasteiger partial charge is 0.417 e. The van der Waals surface area contributed by atoms with Gasteiger partial charge in [0.2, 0.25) is 0 Å². The number of pyridine rings is 1. The first kappa shape index (κ1) is 20.9. The van der Waals surface area contributed by atoms with Crippen molar-refractivity contribution in [2.24, 2.45) is 0 Å². The van der Waals surface area contributed by atoms with Crippen molar-refractivity contribution in [3.05, 3.63) is 80.4 Å². The molecule has 3 aromatic rings. The van der Waals surface area contributed by atoms with Crippen LogP contribution in [0.4, 0.5) is 18.9 Å². The number of alkyl halides is 3. The van der Waals surface area contributed by atoms with E-state index in [-0.39, 0.29) is 16.9 Å². The molecule has 0 saturated heterocycles. The molecule has 1 N–H and O–H groups in total. The lowest BCUT2D eigenvalue weighted by atomic mass is 9.98. The highest BCUT2D eigenvalue weighted by Gasteiger charge is 2.30. The fourth-order valence-electron chi connectivity index (χ4n) is 2.93. The number of aromatic nitrogens is 3. The topological polar surface area (TPSA) is 59.8 Å². The highest BCUT2D eigenvalue weighted by Crippen LogP contribution is 2.29. The van der Waals surface area contributed by atoms with Gasteiger partial charge in [-0.2, -0.15) is 23.0 Å². The Morgan fingerprint density at radius 1 is 1.14 bits per heavy atom. The van der Waals surface area contributed by atoms with E-state index >= 15 is 0 Å². The molecule has 3 rings (SSSR count). The first-order chi connectivity index (χ1) is 13.6. The summed E-state index contributed by atoms with van der Waals surface area (Å²) in [6, 6.07) is 7.70. The van der Waals surface area contributed by atoms with Gasteiger partial charge in [-0.25, -0.2) is 4.98 Å². The Morgan fingerprint density at radius 2 is 1.86 bits per heavy atom. The van der Waals surface area contributed by atoms with Crippen LogP contribution < -0.4 is 10.9 Å². The van der Waals surface area contributed by atoms with Crippen molar-refractivity contribution < 1.29 is 13.2 Å². The molecule has 1 atom stereocenters. The molecule has 0 saturated carbocycles. The smallest absolute Gasteiger partial charge is 0.376 e. The SMILES string of the molecule is Cc1cccc(C(C)Nc2cnn(-c3ccc(C(F)(F)F)cn3)c(=O)c2Cl)c1C. The maximum Gasteiger partial charge on any atom is 0.417 e. The number of hydrogen-bond acceptors (Lipinski definition) is 4. The monoisotopic (exact) mass is 422 g/mol. The molecule has 0 radical (unpaired) electrons. The highest BCUT2D eigenvalue weighted by atomic mass is 35.5. The van der Waals surface area contributed by atoms with E-state index in [1.165, 1.54) is 6.20 Å². The number of nitrogens with zero attached hydrogens (tertiary/aromatic N) is 3. The van der Waals surface area contributed by atoms with Gasteiger partial charge in [-0.1, -0.05) is 29.8 Å². The molecule has 0 aliphatic carbocycles. The van der Waals surface area contributed by atoms with Crippen LogP contribution in [0.15, 0.2) is 47.5 Å². The summed E-state index contributed by atoms with van der Waals surface area (Å²) in [7, 11) is 0. The van der Waals surface area contributed by atoms with Gasteiger partial charge in [0, 0.05) is 12.2 Å². The Bertz CT molecular complexity index is 1090. The summed E-state index contributed by atoms with van der Waals surface area (Å²) in [5, 5.41) is 7.04. The molecular weight excluding hydrogens is 405 g/mol. The van der Waals surface area contributed by atoms with Crippen molar-refractivity contribution in [2.45, 2.75) is 33.0 Å². The van der Waals surface area contributed by atoms with Crippen LogP contribution in [0.3, 0.4) is 0 Å². The number of halogens is 4. The molecule has 2 heterocycles. The Kier molecular flexibility index (Phi) is 5.66. The second kappa shape index (κ2) is 7.87. The zero-order valence-electron chi connectivity index (χ0n) is 15.9. The quantitative estimate of drug-likeness (QED) is 0.636. The van der Waals surface area contributed by atoms with Crippen LogP contribution in [0.5, 0.6) is 0 Å². The van der Waals surface area contributed by atoms with Gasteiger partial charge in [0.25, 0.3) is 5.56 Å². The summed E-state index contributed by atoms with van der Waals surface area (Å²) in [5.74, 6) is -0.0565. The summed E-state index contributed by atoms with van der Waals surface area (Å²) >= 11 is 6.21. The van der Waals surface area contributed by atoms with Gasteiger partial charge in [0.1, 0.15) is 5.02 Å². The van der Waals surface area contributed by atoms with E-state index in [9.17, 15) is 18.0 Å². The summed E-state index contributed by atoms with van der Waals surface area (Å²) in [4.78, 5) is 16.3. The molecule has 0 fully saturated rings. The number of rotatable bonds is 4. The van der Waals surface area contributed by atoms with Crippen molar-refractivity contribution in [3.8, 4) is 5.82 Å². The number of benzene rings is 1. The van der Waals surface area contributed by atoms with E-state index in [0.29, 0.717) is 11.9 Å². The van der Waals surface area contributed by atoms with Crippen molar-refractivity contribution >= 4 is 17.3 Å². The predicted molar refractivity (Wildman–Crippen MR) is 106 cm³/mol. The van der Waals surface area contributed by atoms with Crippen molar-refractivity contribution in [1.82, 2.24) is 14.8 Å². The van der Waals surface area contributed by atoms with E-state index in [4.69, 9.17) is 11.6 Å². The van der Waals surface area contributed by atoms with Crippen molar-refractivity contribution in [2.75, 3.05) is 5.32 Å². The number of aryl methyl sites for hydroxylation is 1. The van der Waals surface area contributed by atoms with Gasteiger partial charge >= 0.3 is 6.18 Å². The first-order valence-corrected chi connectivity index (χ1v) is 9.11. The zero-order valence-corrected chi connectivity index (χ0v) is 16.6. The lowest BCUT2D eigenvalue weighted by Crippen LogP contribution is -2.24. The van der Waals surface area contributed by atoms with Gasteiger partial charge < -0.3 is 5.32 Å². The number of nitrogens with one attached hydrogen (secondary N) is 1. The minimum absolute atomic E-state index is 0.0565. The molecule has 2 aromatic heterocycles. The number of anilines is 1. The normalized spacial score (nSPS) is 12.7. The van der Waals surface area contributed by atoms with Crippen LogP contribution in [0.2, 0.25) is 5.02 Å². The average Bonchev–Trinajstić information content (AvgIpc) is 2.67. The molecule has 0 spiro atoms. The van der Waals surface area contributed by atoms with Crippen molar-refractivity contribution in [3.63, 3.8) is 0 Å². The maximum atomic E-state index is 12.7. The molecule has 0 aliphatic heterocycles. The van der Waals surface area contributed by atoms with E-state index in [1.54, 1.807) is 0 Å². The second-order valence-corrected chi connectivity index (χ2v) is 7.03. The lowest BCUT2D eigenvalue weighted by Gasteiger charge is -2.19. The van der Waals surface area contributed by atoms with Gasteiger partial charge in [-0.15, -0.1) is 0 Å². The highest BCUT2D eigenvalue weighted by molar-refractivity contribution is 6.32. The van der Waals surface area contributed by atoms with Crippen molar-refractivity contribution in [1.29, 1.82) is 0 Å². The van der Waals surface area contributed by atoms with Gasteiger partial charge in [-0.3, -0.25) is 4.79 Å². The molecule has 29 heavy (non-hydrogen) atoms. The minimum atomic E-state index is -4.51. The molecule has 9 heteroatoms. The minimum Gasteiger partial charge on any atom is -0.376 e. The third-order valence-electron chi connectivity index (χ3n) is 4.70. The molecule has 0 bridgehead atoms. The Labute approximate surface area is 170 Å². The van der Waals surface area contributed by atoms with E-state index < -0.39 is 17.3 Å². The van der Waals surface area contributed by atoms with E-state index in [1.807, 2.05) is 39.0 Å². The summed E-state index contributed by atoms with van der Waals surface area (Å²) in [6.45, 7) is 5.95. The number of hydrogen-bond donors (Lipinski definition) is 1. The fraction of sp³-hybridized carbons (Fsp3) is 0.250. The van der Waals surface area contributed by atoms with Crippen LogP contribution in [0, 0.1) is 13.8 Å². The molecule has 0 amide bonds. The summed E-state index contributed by atoms with van der Waals surface area (Å²) < 4.78 is 38.9. The molecule has 152 valence electrons. The standard InChI is InChI=1S/C20H18ClF3N4O/c1-11-5-4-6-15(12(11)2)13(3)27-16-10-26-28(19(29)18(16)21)17-8-7-14(9-25-17)20(22,23)24/h4-10,13,27H,1-3H3. The summed E-state index contributed by atoms with van der Waals surface area (Å²) in [5.41, 5.74) is 2.05. The Morgan fingerprint density at radius 3 is 2.48 bits per heavy atom. The lowest BCUT2D eigenvalue weighted by molar-refractivity contribution is -0.137. The molecule has 1 unspecified atom stereocenters. The molecule has 5 nitrogen and oxygen atoms in total. The summed E-state index contributed by atoms with van der Waals surface area (Å²) in [6.07, 6.45) is -2.52. The molecule has 0 aliphatic rings. The van der Waals surface area contributed by atoms with Gasteiger partial charge in [0.15, 0.2) is 5.82 Å². The third kappa shape index (κ3) is 4.27. The average molecular weight is 423 g/mol. The van der Waals surface area contributed by atoms with Crippen LogP contribution in [-0.4, -0.2) is 14.8 Å². The van der Waals surface area contributed by atoms with Crippen LogP contribution in [0.1, 0.15) is 35.2 Å².